The first kappa shape index (κ1) is 15.3. The second kappa shape index (κ2) is 6.98. The van der Waals surface area contributed by atoms with Crippen molar-refractivity contribution in [2.75, 3.05) is 19.8 Å². The van der Waals surface area contributed by atoms with Crippen LogP contribution in [0.2, 0.25) is 0 Å². The molecule has 0 unspecified atom stereocenters. The molecule has 19 heavy (non-hydrogen) atoms. The number of oxime groups is 1. The van der Waals surface area contributed by atoms with Crippen LogP contribution in [0.5, 0.6) is 5.75 Å². The number of hydrogen-bond acceptors (Lipinski definition) is 4. The van der Waals surface area contributed by atoms with Gasteiger partial charge >= 0.3 is 6.18 Å². The van der Waals surface area contributed by atoms with Crippen molar-refractivity contribution < 1.29 is 27.9 Å². The lowest BCUT2D eigenvalue weighted by atomic mass is 10.1. The first-order chi connectivity index (χ1) is 8.92. The molecule has 0 saturated heterocycles. The summed E-state index contributed by atoms with van der Waals surface area (Å²) in [6.45, 7) is 0.184. The number of hydrogen-bond donors (Lipinski definition) is 1. The molecule has 1 N–H and O–H groups in total. The van der Waals surface area contributed by atoms with Crippen LogP contribution < -0.4 is 4.74 Å². The Bertz CT molecular complexity index is 432. The summed E-state index contributed by atoms with van der Waals surface area (Å²) in [4.78, 5) is 0. The number of benzene rings is 1. The van der Waals surface area contributed by atoms with E-state index in [0.717, 1.165) is 0 Å². The Morgan fingerprint density at radius 1 is 1.32 bits per heavy atom. The molecule has 0 heterocycles. The van der Waals surface area contributed by atoms with Gasteiger partial charge in [-0.1, -0.05) is 17.3 Å². The number of alkyl halides is 3. The highest BCUT2D eigenvalue weighted by molar-refractivity contribution is 5.98. The first-order valence-electron chi connectivity index (χ1n) is 5.49. The molecule has 1 aromatic carbocycles. The highest BCUT2D eigenvalue weighted by Crippen LogP contribution is 2.15. The molecular weight excluding hydrogens is 263 g/mol. The van der Waals surface area contributed by atoms with Gasteiger partial charge in [-0.3, -0.25) is 0 Å². The lowest BCUT2D eigenvalue weighted by Gasteiger charge is -2.09. The van der Waals surface area contributed by atoms with E-state index in [9.17, 15) is 13.2 Å². The SMILES string of the molecule is C/C(=N/O)c1cccc(OCCOCC(F)(F)F)c1. The molecule has 0 bridgehead atoms. The van der Waals surface area contributed by atoms with E-state index in [0.29, 0.717) is 17.0 Å². The molecule has 0 aromatic heterocycles. The fourth-order valence-electron chi connectivity index (χ4n) is 1.28. The monoisotopic (exact) mass is 277 g/mol. The van der Waals surface area contributed by atoms with Gasteiger partial charge < -0.3 is 14.7 Å². The predicted molar refractivity (Wildman–Crippen MR) is 62.8 cm³/mol. The van der Waals surface area contributed by atoms with E-state index < -0.39 is 12.8 Å². The maximum absolute atomic E-state index is 11.8. The summed E-state index contributed by atoms with van der Waals surface area (Å²) >= 11 is 0. The Hall–Kier alpha value is -1.76. The van der Waals surface area contributed by atoms with Gasteiger partial charge in [0.25, 0.3) is 0 Å². The predicted octanol–water partition coefficient (Wildman–Crippen LogP) is 2.84. The molecule has 0 fully saturated rings. The van der Waals surface area contributed by atoms with Crippen LogP contribution in [0.25, 0.3) is 0 Å². The number of halogens is 3. The molecule has 1 rings (SSSR count). The van der Waals surface area contributed by atoms with Gasteiger partial charge in [-0.15, -0.1) is 0 Å². The largest absolute Gasteiger partial charge is 0.491 e. The third kappa shape index (κ3) is 6.10. The van der Waals surface area contributed by atoms with Gasteiger partial charge in [0, 0.05) is 5.56 Å². The lowest BCUT2D eigenvalue weighted by molar-refractivity contribution is -0.175. The molecule has 4 nitrogen and oxygen atoms in total. The van der Waals surface area contributed by atoms with Crippen molar-refractivity contribution in [2.45, 2.75) is 13.1 Å². The molecule has 0 atom stereocenters. The maximum Gasteiger partial charge on any atom is 0.411 e. The van der Waals surface area contributed by atoms with E-state index in [4.69, 9.17) is 9.94 Å². The van der Waals surface area contributed by atoms with Crippen LogP contribution in [0.3, 0.4) is 0 Å². The van der Waals surface area contributed by atoms with Crippen molar-refractivity contribution in [3.05, 3.63) is 29.8 Å². The molecule has 0 aliphatic carbocycles. The Kier molecular flexibility index (Phi) is 5.62. The molecule has 0 radical (unpaired) electrons. The topological polar surface area (TPSA) is 51.1 Å². The van der Waals surface area contributed by atoms with Gasteiger partial charge in [-0.05, 0) is 19.1 Å². The van der Waals surface area contributed by atoms with Crippen LogP contribution in [0, 0.1) is 0 Å². The highest BCUT2D eigenvalue weighted by atomic mass is 19.4. The van der Waals surface area contributed by atoms with E-state index in [-0.39, 0.29) is 13.2 Å². The summed E-state index contributed by atoms with van der Waals surface area (Å²) in [5.74, 6) is 0.469. The van der Waals surface area contributed by atoms with Crippen LogP contribution in [-0.4, -0.2) is 36.9 Å². The second-order valence-electron chi connectivity index (χ2n) is 3.73. The van der Waals surface area contributed by atoms with E-state index in [1.165, 1.54) is 0 Å². The van der Waals surface area contributed by atoms with Gasteiger partial charge in [0.15, 0.2) is 0 Å². The minimum Gasteiger partial charge on any atom is -0.491 e. The molecular formula is C12H14F3NO3. The van der Waals surface area contributed by atoms with Crippen molar-refractivity contribution in [1.82, 2.24) is 0 Å². The van der Waals surface area contributed by atoms with Crippen LogP contribution >= 0.6 is 0 Å². The summed E-state index contributed by atoms with van der Waals surface area (Å²) in [5, 5.41) is 11.7. The number of nitrogens with zero attached hydrogens (tertiary/aromatic N) is 1. The zero-order chi connectivity index (χ0) is 14.3. The Labute approximate surface area is 108 Å². The zero-order valence-electron chi connectivity index (χ0n) is 10.3. The Balaban J connectivity index is 2.38. The van der Waals surface area contributed by atoms with Crippen molar-refractivity contribution in [3.63, 3.8) is 0 Å². The summed E-state index contributed by atoms with van der Waals surface area (Å²) in [6, 6.07) is 6.69. The van der Waals surface area contributed by atoms with Crippen molar-refractivity contribution in [1.29, 1.82) is 0 Å². The standard InChI is InChI=1S/C12H14F3NO3/c1-9(16-17)10-3-2-4-11(7-10)19-6-5-18-8-12(13,14)15/h2-4,7,17H,5-6,8H2,1H3/b16-9-. The molecule has 1 aromatic rings. The van der Waals surface area contributed by atoms with Crippen molar-refractivity contribution >= 4 is 5.71 Å². The third-order valence-electron chi connectivity index (χ3n) is 2.16. The van der Waals surface area contributed by atoms with E-state index >= 15 is 0 Å². The molecule has 7 heteroatoms. The summed E-state index contributed by atoms with van der Waals surface area (Å²) in [6.07, 6.45) is -4.32. The van der Waals surface area contributed by atoms with Crippen LogP contribution in [-0.2, 0) is 4.74 Å². The number of ether oxygens (including phenoxy) is 2. The fourth-order valence-corrected chi connectivity index (χ4v) is 1.28. The molecule has 0 amide bonds. The van der Waals surface area contributed by atoms with Gasteiger partial charge in [-0.25, -0.2) is 0 Å². The normalized spacial score (nSPS) is 12.5. The summed E-state index contributed by atoms with van der Waals surface area (Å²) in [7, 11) is 0. The number of rotatable bonds is 6. The van der Waals surface area contributed by atoms with Crippen LogP contribution in [0.4, 0.5) is 13.2 Å². The Morgan fingerprint density at radius 2 is 2.05 bits per heavy atom. The van der Waals surface area contributed by atoms with E-state index in [2.05, 4.69) is 9.89 Å². The third-order valence-corrected chi connectivity index (χ3v) is 2.16. The van der Waals surface area contributed by atoms with Crippen molar-refractivity contribution in [3.8, 4) is 5.75 Å². The molecule has 0 saturated carbocycles. The molecule has 0 aliphatic rings. The second-order valence-corrected chi connectivity index (χ2v) is 3.73. The highest BCUT2D eigenvalue weighted by Gasteiger charge is 2.27. The van der Waals surface area contributed by atoms with Gasteiger partial charge in [0.05, 0.1) is 12.3 Å². The molecule has 0 spiro atoms. The molecule has 106 valence electrons. The average Bonchev–Trinajstić information content (AvgIpc) is 2.36. The first-order valence-corrected chi connectivity index (χ1v) is 5.49. The minimum atomic E-state index is -4.32. The molecule has 0 aliphatic heterocycles. The minimum absolute atomic E-state index is 0.00878. The van der Waals surface area contributed by atoms with Gasteiger partial charge in [0.2, 0.25) is 0 Å². The fraction of sp³-hybridized carbons (Fsp3) is 0.417. The van der Waals surface area contributed by atoms with Crippen LogP contribution in [0.15, 0.2) is 29.4 Å². The van der Waals surface area contributed by atoms with Gasteiger partial charge in [-0.2, -0.15) is 13.2 Å². The zero-order valence-corrected chi connectivity index (χ0v) is 10.3. The van der Waals surface area contributed by atoms with Crippen molar-refractivity contribution in [2.24, 2.45) is 5.16 Å². The lowest BCUT2D eigenvalue weighted by Crippen LogP contribution is -2.19. The van der Waals surface area contributed by atoms with E-state index in [1.807, 2.05) is 0 Å². The average molecular weight is 277 g/mol. The smallest absolute Gasteiger partial charge is 0.411 e. The van der Waals surface area contributed by atoms with Crippen LogP contribution in [0.1, 0.15) is 12.5 Å². The van der Waals surface area contributed by atoms with Gasteiger partial charge in [0.1, 0.15) is 19.0 Å². The Morgan fingerprint density at radius 3 is 2.68 bits per heavy atom. The van der Waals surface area contributed by atoms with E-state index in [1.54, 1.807) is 31.2 Å². The summed E-state index contributed by atoms with van der Waals surface area (Å²) < 4.78 is 45.0. The summed E-state index contributed by atoms with van der Waals surface area (Å²) in [5.41, 5.74) is 1.08. The quantitative estimate of drug-likeness (QED) is 0.376. The maximum atomic E-state index is 11.8.